The molecule has 0 radical (unpaired) electrons. The van der Waals surface area contributed by atoms with E-state index in [0.717, 1.165) is 12.0 Å². The second-order valence-corrected chi connectivity index (χ2v) is 3.53. The summed E-state index contributed by atoms with van der Waals surface area (Å²) in [7, 11) is 2.24. The third-order valence-corrected chi connectivity index (χ3v) is 2.99. The summed E-state index contributed by atoms with van der Waals surface area (Å²) >= 11 is 0. The lowest BCUT2D eigenvalue weighted by Gasteiger charge is -2.36. The van der Waals surface area contributed by atoms with Crippen LogP contribution in [0.5, 0.6) is 0 Å². The van der Waals surface area contributed by atoms with Crippen LogP contribution in [0, 0.1) is 5.92 Å². The predicted molar refractivity (Wildman–Crippen MR) is 45.1 cm³/mol. The monoisotopic (exact) mass is 141 g/mol. The molecule has 2 unspecified atom stereocenters. The molecule has 0 aliphatic carbocycles. The Hall–Kier alpha value is -0.0400. The van der Waals surface area contributed by atoms with Gasteiger partial charge in [-0.2, -0.15) is 0 Å². The molecular weight excluding hydrogens is 122 g/mol. The lowest BCUT2D eigenvalue weighted by molar-refractivity contribution is 0.131. The van der Waals surface area contributed by atoms with Crippen LogP contribution in [0.3, 0.4) is 0 Å². The average molecular weight is 141 g/mol. The van der Waals surface area contributed by atoms with Gasteiger partial charge in [-0.25, -0.2) is 0 Å². The highest BCUT2D eigenvalue weighted by Gasteiger charge is 2.23. The average Bonchev–Trinajstić information content (AvgIpc) is 1.95. The van der Waals surface area contributed by atoms with Crippen molar-refractivity contribution >= 4 is 0 Å². The molecule has 0 N–H and O–H groups in total. The van der Waals surface area contributed by atoms with E-state index < -0.39 is 0 Å². The maximum atomic E-state index is 2.48. The quantitative estimate of drug-likeness (QED) is 0.540. The number of likely N-dealkylation sites (tertiary alicyclic amines) is 1. The third kappa shape index (κ3) is 1.51. The van der Waals surface area contributed by atoms with E-state index in [-0.39, 0.29) is 0 Å². The highest BCUT2D eigenvalue weighted by Crippen LogP contribution is 2.24. The molecule has 1 rings (SSSR count). The predicted octanol–water partition coefficient (Wildman–Crippen LogP) is 2.13. The first-order valence-electron chi connectivity index (χ1n) is 4.46. The molecule has 1 saturated heterocycles. The van der Waals surface area contributed by atoms with Crippen molar-refractivity contribution < 1.29 is 0 Å². The van der Waals surface area contributed by atoms with Gasteiger partial charge >= 0.3 is 0 Å². The van der Waals surface area contributed by atoms with Gasteiger partial charge in [0.1, 0.15) is 0 Å². The maximum Gasteiger partial charge on any atom is 0.00920 e. The zero-order chi connectivity index (χ0) is 7.56. The normalized spacial score (nSPS) is 36.3. The summed E-state index contributed by atoms with van der Waals surface area (Å²) in [5, 5.41) is 0. The van der Waals surface area contributed by atoms with Crippen molar-refractivity contribution in [2.75, 3.05) is 13.6 Å². The van der Waals surface area contributed by atoms with E-state index in [2.05, 4.69) is 25.8 Å². The molecule has 1 heteroatoms. The van der Waals surface area contributed by atoms with Crippen molar-refractivity contribution in [2.45, 2.75) is 39.2 Å². The standard InChI is InChI=1S/C9H19N/c1-4-9-6-5-7-10(3)8(9)2/h8-9H,4-7H2,1-3H3. The van der Waals surface area contributed by atoms with E-state index in [0.29, 0.717) is 0 Å². The van der Waals surface area contributed by atoms with Crippen molar-refractivity contribution in [2.24, 2.45) is 5.92 Å². The van der Waals surface area contributed by atoms with Crippen LogP contribution in [0.2, 0.25) is 0 Å². The number of hydrogen-bond donors (Lipinski definition) is 0. The first-order chi connectivity index (χ1) is 4.75. The van der Waals surface area contributed by atoms with Crippen LogP contribution in [-0.2, 0) is 0 Å². The minimum Gasteiger partial charge on any atom is -0.303 e. The Balaban J connectivity index is 2.42. The topological polar surface area (TPSA) is 3.24 Å². The summed E-state index contributed by atoms with van der Waals surface area (Å²) in [5.74, 6) is 0.957. The Morgan fingerprint density at radius 1 is 1.50 bits per heavy atom. The Kier molecular flexibility index (Phi) is 2.72. The maximum absolute atomic E-state index is 2.48. The number of nitrogens with zero attached hydrogens (tertiary/aromatic N) is 1. The van der Waals surface area contributed by atoms with Crippen molar-refractivity contribution in [1.29, 1.82) is 0 Å². The zero-order valence-electron chi connectivity index (χ0n) is 7.43. The van der Waals surface area contributed by atoms with Crippen LogP contribution in [0.15, 0.2) is 0 Å². The van der Waals surface area contributed by atoms with Crippen LogP contribution < -0.4 is 0 Å². The summed E-state index contributed by atoms with van der Waals surface area (Å²) in [6.07, 6.45) is 4.20. The van der Waals surface area contributed by atoms with Crippen LogP contribution >= 0.6 is 0 Å². The molecule has 0 amide bonds. The van der Waals surface area contributed by atoms with Crippen LogP contribution in [0.25, 0.3) is 0 Å². The summed E-state index contributed by atoms with van der Waals surface area (Å²) in [4.78, 5) is 2.48. The largest absolute Gasteiger partial charge is 0.303 e. The molecule has 0 bridgehead atoms. The number of rotatable bonds is 1. The first-order valence-corrected chi connectivity index (χ1v) is 4.46. The smallest absolute Gasteiger partial charge is 0.00920 e. The van der Waals surface area contributed by atoms with Crippen LogP contribution in [0.1, 0.15) is 33.1 Å². The molecule has 1 heterocycles. The SMILES string of the molecule is CCC1CCCN(C)C1C. The molecule has 1 aliphatic heterocycles. The Labute approximate surface area is 64.4 Å². The molecule has 0 aromatic heterocycles. The van der Waals surface area contributed by atoms with Gasteiger partial charge in [0, 0.05) is 6.04 Å². The van der Waals surface area contributed by atoms with Gasteiger partial charge in [-0.05, 0) is 39.3 Å². The molecule has 0 aromatic carbocycles. The fourth-order valence-corrected chi connectivity index (χ4v) is 1.95. The molecule has 2 atom stereocenters. The van der Waals surface area contributed by atoms with E-state index in [9.17, 15) is 0 Å². The summed E-state index contributed by atoms with van der Waals surface area (Å²) in [6.45, 7) is 5.96. The second-order valence-electron chi connectivity index (χ2n) is 3.53. The molecule has 1 nitrogen and oxygen atoms in total. The van der Waals surface area contributed by atoms with E-state index in [1.807, 2.05) is 0 Å². The molecule has 0 saturated carbocycles. The molecule has 0 aromatic rings. The van der Waals surface area contributed by atoms with Gasteiger partial charge in [0.05, 0.1) is 0 Å². The van der Waals surface area contributed by atoms with Gasteiger partial charge in [0.25, 0.3) is 0 Å². The summed E-state index contributed by atoms with van der Waals surface area (Å²) in [5.41, 5.74) is 0. The second kappa shape index (κ2) is 3.38. The van der Waals surface area contributed by atoms with Gasteiger partial charge in [-0.1, -0.05) is 13.3 Å². The lowest BCUT2D eigenvalue weighted by atomic mass is 9.89. The highest BCUT2D eigenvalue weighted by molar-refractivity contribution is 4.77. The number of hydrogen-bond acceptors (Lipinski definition) is 1. The van der Waals surface area contributed by atoms with E-state index in [1.165, 1.54) is 25.8 Å². The Morgan fingerprint density at radius 3 is 2.70 bits per heavy atom. The fraction of sp³-hybridized carbons (Fsp3) is 1.00. The van der Waals surface area contributed by atoms with Crippen molar-refractivity contribution in [3.8, 4) is 0 Å². The molecule has 60 valence electrons. The van der Waals surface area contributed by atoms with E-state index in [1.54, 1.807) is 0 Å². The molecular formula is C9H19N. The van der Waals surface area contributed by atoms with Crippen LogP contribution in [0.4, 0.5) is 0 Å². The van der Waals surface area contributed by atoms with Gasteiger partial charge in [0.15, 0.2) is 0 Å². The van der Waals surface area contributed by atoms with Crippen molar-refractivity contribution in [3.63, 3.8) is 0 Å². The van der Waals surface area contributed by atoms with E-state index in [4.69, 9.17) is 0 Å². The summed E-state index contributed by atoms with van der Waals surface area (Å²) < 4.78 is 0. The Bertz CT molecular complexity index is 101. The zero-order valence-corrected chi connectivity index (χ0v) is 7.43. The van der Waals surface area contributed by atoms with Gasteiger partial charge in [-0.15, -0.1) is 0 Å². The highest BCUT2D eigenvalue weighted by atomic mass is 15.1. The first kappa shape index (κ1) is 8.06. The van der Waals surface area contributed by atoms with Gasteiger partial charge in [0.2, 0.25) is 0 Å². The molecule has 0 spiro atoms. The minimum absolute atomic E-state index is 0.818. The van der Waals surface area contributed by atoms with Crippen molar-refractivity contribution in [1.82, 2.24) is 4.90 Å². The van der Waals surface area contributed by atoms with Crippen LogP contribution in [-0.4, -0.2) is 24.5 Å². The fourth-order valence-electron chi connectivity index (χ4n) is 1.95. The third-order valence-electron chi connectivity index (χ3n) is 2.99. The van der Waals surface area contributed by atoms with Gasteiger partial charge in [-0.3, -0.25) is 0 Å². The van der Waals surface area contributed by atoms with Gasteiger partial charge < -0.3 is 4.90 Å². The van der Waals surface area contributed by atoms with E-state index >= 15 is 0 Å². The Morgan fingerprint density at radius 2 is 2.20 bits per heavy atom. The molecule has 10 heavy (non-hydrogen) atoms. The molecule has 1 fully saturated rings. The minimum atomic E-state index is 0.818. The van der Waals surface area contributed by atoms with Crippen molar-refractivity contribution in [3.05, 3.63) is 0 Å². The lowest BCUT2D eigenvalue weighted by Crippen LogP contribution is -2.40. The molecule has 1 aliphatic rings. The summed E-state index contributed by atoms with van der Waals surface area (Å²) in [6, 6.07) is 0.818. The number of piperidine rings is 1.